The van der Waals surface area contributed by atoms with Gasteiger partial charge in [-0.25, -0.2) is 0 Å². The van der Waals surface area contributed by atoms with Crippen molar-refractivity contribution >= 4 is 49.5 Å². The van der Waals surface area contributed by atoms with Crippen molar-refractivity contribution < 1.29 is 14.3 Å². The molecular weight excluding hydrogens is 512 g/mol. The smallest absolute Gasteiger partial charge is 0.266 e. The normalized spacial score (nSPS) is 11.0. The van der Waals surface area contributed by atoms with E-state index in [4.69, 9.17) is 9.47 Å². The summed E-state index contributed by atoms with van der Waals surface area (Å²) in [5, 5.41) is 12.2. The SMILES string of the molecule is CCCCCCOc1c(Br)cc(/C=C(/C#N)C(=O)Nc2ccc(OC)cc2)cc1Br. The van der Waals surface area contributed by atoms with Crippen LogP contribution in [0.1, 0.15) is 38.2 Å². The van der Waals surface area contributed by atoms with Gasteiger partial charge in [0.25, 0.3) is 5.91 Å². The molecule has 0 radical (unpaired) electrons. The average molecular weight is 536 g/mol. The van der Waals surface area contributed by atoms with Gasteiger partial charge < -0.3 is 14.8 Å². The van der Waals surface area contributed by atoms with Gasteiger partial charge in [-0.1, -0.05) is 26.2 Å². The molecule has 0 atom stereocenters. The Morgan fingerprint density at radius 1 is 1.13 bits per heavy atom. The summed E-state index contributed by atoms with van der Waals surface area (Å²) in [6.07, 6.45) is 6.06. The van der Waals surface area contributed by atoms with Gasteiger partial charge in [0.2, 0.25) is 0 Å². The van der Waals surface area contributed by atoms with Crippen LogP contribution in [0, 0.1) is 11.3 Å². The summed E-state index contributed by atoms with van der Waals surface area (Å²) >= 11 is 7.03. The summed E-state index contributed by atoms with van der Waals surface area (Å²) in [5.74, 6) is 0.919. The van der Waals surface area contributed by atoms with E-state index >= 15 is 0 Å². The molecule has 7 heteroatoms. The van der Waals surface area contributed by atoms with Crippen LogP contribution in [0.5, 0.6) is 11.5 Å². The van der Waals surface area contributed by atoms with Crippen LogP contribution >= 0.6 is 31.9 Å². The number of nitrogens with zero attached hydrogens (tertiary/aromatic N) is 1. The van der Waals surface area contributed by atoms with E-state index in [0.29, 0.717) is 29.4 Å². The van der Waals surface area contributed by atoms with Crippen molar-refractivity contribution in [3.8, 4) is 17.6 Å². The fourth-order valence-corrected chi connectivity index (χ4v) is 4.14. The number of amides is 1. The third-order valence-corrected chi connectivity index (χ3v) is 5.47. The molecule has 5 nitrogen and oxygen atoms in total. The Kier molecular flexibility index (Phi) is 9.92. The Morgan fingerprint density at radius 2 is 1.80 bits per heavy atom. The van der Waals surface area contributed by atoms with E-state index in [1.165, 1.54) is 12.8 Å². The molecule has 0 unspecified atom stereocenters. The topological polar surface area (TPSA) is 71.3 Å². The van der Waals surface area contributed by atoms with E-state index in [1.54, 1.807) is 37.5 Å². The van der Waals surface area contributed by atoms with Gasteiger partial charge >= 0.3 is 0 Å². The Balaban J connectivity index is 2.10. The summed E-state index contributed by atoms with van der Waals surface area (Å²) in [5.41, 5.74) is 1.28. The molecule has 0 aromatic heterocycles. The molecule has 0 spiro atoms. The third-order valence-electron chi connectivity index (χ3n) is 4.29. The number of rotatable bonds is 10. The van der Waals surface area contributed by atoms with Crippen LogP contribution in [0.4, 0.5) is 5.69 Å². The summed E-state index contributed by atoms with van der Waals surface area (Å²) in [6.45, 7) is 2.81. The van der Waals surface area contributed by atoms with Crippen LogP contribution in [-0.4, -0.2) is 19.6 Å². The number of hydrogen-bond acceptors (Lipinski definition) is 4. The number of unbranched alkanes of at least 4 members (excludes halogenated alkanes) is 3. The minimum atomic E-state index is -0.480. The fraction of sp³-hybridized carbons (Fsp3) is 0.304. The number of anilines is 1. The number of carbonyl (C=O) groups excluding carboxylic acids is 1. The molecule has 0 heterocycles. The zero-order valence-corrected chi connectivity index (χ0v) is 20.2. The van der Waals surface area contributed by atoms with Gasteiger partial charge in [-0.3, -0.25) is 4.79 Å². The van der Waals surface area contributed by atoms with E-state index in [0.717, 1.165) is 21.8 Å². The van der Waals surface area contributed by atoms with Crippen LogP contribution in [0.15, 0.2) is 50.9 Å². The second-order valence-corrected chi connectivity index (χ2v) is 8.28. The zero-order chi connectivity index (χ0) is 21.9. The highest BCUT2D eigenvalue weighted by Crippen LogP contribution is 2.35. The molecular formula is C23H24Br2N2O3. The second kappa shape index (κ2) is 12.4. The monoisotopic (exact) mass is 534 g/mol. The molecule has 0 saturated carbocycles. The first-order valence-electron chi connectivity index (χ1n) is 9.67. The van der Waals surface area contributed by atoms with Crippen molar-refractivity contribution in [2.24, 2.45) is 0 Å². The maximum atomic E-state index is 12.5. The first-order valence-corrected chi connectivity index (χ1v) is 11.3. The van der Waals surface area contributed by atoms with E-state index in [9.17, 15) is 10.1 Å². The lowest BCUT2D eigenvalue weighted by molar-refractivity contribution is -0.112. The van der Waals surface area contributed by atoms with Crippen LogP contribution in [0.25, 0.3) is 6.08 Å². The summed E-state index contributed by atoms with van der Waals surface area (Å²) in [6, 6.07) is 12.5. The molecule has 2 aromatic carbocycles. The fourth-order valence-electron chi connectivity index (χ4n) is 2.69. The lowest BCUT2D eigenvalue weighted by Gasteiger charge is -2.11. The average Bonchev–Trinajstić information content (AvgIpc) is 2.74. The van der Waals surface area contributed by atoms with Crippen LogP contribution in [0.3, 0.4) is 0 Å². The van der Waals surface area contributed by atoms with Crippen molar-refractivity contribution in [1.29, 1.82) is 5.26 Å². The van der Waals surface area contributed by atoms with Gasteiger partial charge in [-0.15, -0.1) is 0 Å². The van der Waals surface area contributed by atoms with E-state index in [1.807, 2.05) is 18.2 Å². The van der Waals surface area contributed by atoms with Crippen molar-refractivity contribution in [3.63, 3.8) is 0 Å². The van der Waals surface area contributed by atoms with Crippen molar-refractivity contribution in [2.45, 2.75) is 32.6 Å². The Morgan fingerprint density at radius 3 is 2.37 bits per heavy atom. The standard InChI is InChI=1S/C23H24Br2N2O3/c1-3-4-5-6-11-30-22-20(24)13-16(14-21(22)25)12-17(15-26)23(28)27-18-7-9-19(29-2)10-8-18/h7-10,12-14H,3-6,11H2,1-2H3,(H,27,28)/b17-12-. The molecule has 1 N–H and O–H groups in total. The highest BCUT2D eigenvalue weighted by atomic mass is 79.9. The highest BCUT2D eigenvalue weighted by molar-refractivity contribution is 9.11. The first kappa shape index (κ1) is 24.0. The van der Waals surface area contributed by atoms with Gasteiger partial charge in [0.05, 0.1) is 22.7 Å². The largest absolute Gasteiger partial charge is 0.497 e. The van der Waals surface area contributed by atoms with Gasteiger partial charge in [0.15, 0.2) is 0 Å². The minimum absolute atomic E-state index is 0.00199. The van der Waals surface area contributed by atoms with Crippen molar-refractivity contribution in [3.05, 3.63) is 56.5 Å². The molecule has 158 valence electrons. The molecule has 0 aliphatic rings. The minimum Gasteiger partial charge on any atom is -0.497 e. The van der Waals surface area contributed by atoms with Gasteiger partial charge in [-0.05, 0) is 86.3 Å². The van der Waals surface area contributed by atoms with E-state index < -0.39 is 5.91 Å². The number of benzene rings is 2. The van der Waals surface area contributed by atoms with E-state index in [-0.39, 0.29) is 5.57 Å². The number of carbonyl (C=O) groups is 1. The van der Waals surface area contributed by atoms with Crippen molar-refractivity contribution in [2.75, 3.05) is 19.0 Å². The van der Waals surface area contributed by atoms with Gasteiger partial charge in [-0.2, -0.15) is 5.26 Å². The summed E-state index contributed by atoms with van der Waals surface area (Å²) < 4.78 is 12.5. The van der Waals surface area contributed by atoms with Gasteiger partial charge in [0, 0.05) is 5.69 Å². The van der Waals surface area contributed by atoms with Crippen LogP contribution in [0.2, 0.25) is 0 Å². The molecule has 0 aliphatic heterocycles. The molecule has 0 bridgehead atoms. The Bertz CT molecular complexity index is 911. The number of hydrogen-bond donors (Lipinski definition) is 1. The Labute approximate surface area is 194 Å². The maximum absolute atomic E-state index is 12.5. The molecule has 2 rings (SSSR count). The predicted molar refractivity (Wildman–Crippen MR) is 127 cm³/mol. The van der Waals surface area contributed by atoms with E-state index in [2.05, 4.69) is 44.1 Å². The maximum Gasteiger partial charge on any atom is 0.266 e. The highest BCUT2D eigenvalue weighted by Gasteiger charge is 2.13. The zero-order valence-electron chi connectivity index (χ0n) is 17.0. The molecule has 2 aromatic rings. The predicted octanol–water partition coefficient (Wildman–Crippen LogP) is 6.72. The molecule has 0 fully saturated rings. The van der Waals surface area contributed by atoms with Crippen molar-refractivity contribution in [1.82, 2.24) is 0 Å². The summed E-state index contributed by atoms with van der Waals surface area (Å²) in [7, 11) is 1.57. The second-order valence-electron chi connectivity index (χ2n) is 6.58. The quantitative estimate of drug-likeness (QED) is 0.208. The molecule has 1 amide bonds. The number of nitriles is 1. The molecule has 0 saturated heterocycles. The van der Waals surface area contributed by atoms with Gasteiger partial charge in [0.1, 0.15) is 23.1 Å². The third kappa shape index (κ3) is 7.19. The first-order chi connectivity index (χ1) is 14.5. The molecule has 0 aliphatic carbocycles. The lowest BCUT2D eigenvalue weighted by atomic mass is 10.1. The summed E-state index contributed by atoms with van der Waals surface area (Å²) in [4.78, 5) is 12.5. The van der Waals surface area contributed by atoms with Crippen LogP contribution < -0.4 is 14.8 Å². The molecule has 30 heavy (non-hydrogen) atoms. The number of ether oxygens (including phenoxy) is 2. The van der Waals surface area contributed by atoms with Crippen LogP contribution in [-0.2, 0) is 4.79 Å². The number of halogens is 2. The number of nitrogens with one attached hydrogen (secondary N) is 1. The Hall–Kier alpha value is -2.30. The lowest BCUT2D eigenvalue weighted by Crippen LogP contribution is -2.13. The number of methoxy groups -OCH3 is 1.